The maximum absolute atomic E-state index is 4.78. The van der Waals surface area contributed by atoms with Crippen LogP contribution >= 0.6 is 11.3 Å². The lowest BCUT2D eigenvalue weighted by atomic mass is 10.0. The molecule has 0 aliphatic carbocycles. The summed E-state index contributed by atoms with van der Waals surface area (Å²) in [5.74, 6) is 0. The molecule has 2 aromatic heterocycles. The van der Waals surface area contributed by atoms with Gasteiger partial charge in [0.2, 0.25) is 0 Å². The Morgan fingerprint density at radius 1 is 1.20 bits per heavy atom. The average molecular weight is 282 g/mol. The van der Waals surface area contributed by atoms with Crippen LogP contribution in [0.25, 0.3) is 10.6 Å². The SMILES string of the molecule is c1ccc(-c2nc([C@H]3NCCc4[nH]cnc43)cs2)cc1. The number of aromatic nitrogens is 3. The van der Waals surface area contributed by atoms with Crippen LogP contribution in [0.5, 0.6) is 0 Å². The highest BCUT2D eigenvalue weighted by Gasteiger charge is 2.25. The van der Waals surface area contributed by atoms with E-state index in [1.807, 2.05) is 18.2 Å². The molecule has 1 aliphatic rings. The minimum Gasteiger partial charge on any atom is -0.348 e. The molecule has 0 radical (unpaired) electrons. The van der Waals surface area contributed by atoms with Gasteiger partial charge in [-0.3, -0.25) is 0 Å². The van der Waals surface area contributed by atoms with Gasteiger partial charge < -0.3 is 10.3 Å². The fraction of sp³-hybridized carbons (Fsp3) is 0.200. The summed E-state index contributed by atoms with van der Waals surface area (Å²) >= 11 is 1.68. The van der Waals surface area contributed by atoms with Crippen LogP contribution in [0.4, 0.5) is 0 Å². The van der Waals surface area contributed by atoms with Crippen LogP contribution in [0, 0.1) is 0 Å². The largest absolute Gasteiger partial charge is 0.348 e. The second-order valence-corrected chi connectivity index (χ2v) is 5.71. The Kier molecular flexibility index (Phi) is 2.86. The van der Waals surface area contributed by atoms with Crippen molar-refractivity contribution in [3.05, 3.63) is 59.1 Å². The summed E-state index contributed by atoms with van der Waals surface area (Å²) in [6.45, 7) is 0.956. The molecule has 1 atom stereocenters. The fourth-order valence-electron chi connectivity index (χ4n) is 2.60. The number of fused-ring (bicyclic) bond motifs is 1. The third-order valence-electron chi connectivity index (χ3n) is 3.59. The first-order valence-electron chi connectivity index (χ1n) is 6.68. The van der Waals surface area contributed by atoms with Gasteiger partial charge >= 0.3 is 0 Å². The van der Waals surface area contributed by atoms with Gasteiger partial charge in [-0.15, -0.1) is 11.3 Å². The van der Waals surface area contributed by atoms with Crippen LogP contribution in [0.3, 0.4) is 0 Å². The molecule has 0 fully saturated rings. The van der Waals surface area contributed by atoms with E-state index >= 15 is 0 Å². The first-order valence-corrected chi connectivity index (χ1v) is 7.56. The molecular weight excluding hydrogens is 268 g/mol. The number of nitrogens with zero attached hydrogens (tertiary/aromatic N) is 2. The number of imidazole rings is 1. The van der Waals surface area contributed by atoms with Gasteiger partial charge in [0.05, 0.1) is 23.8 Å². The molecule has 0 saturated heterocycles. The Morgan fingerprint density at radius 2 is 2.10 bits per heavy atom. The van der Waals surface area contributed by atoms with E-state index in [1.165, 1.54) is 11.3 Å². The maximum atomic E-state index is 4.78. The number of thiazole rings is 1. The molecule has 100 valence electrons. The molecule has 0 bridgehead atoms. The molecule has 0 saturated carbocycles. The highest BCUT2D eigenvalue weighted by Crippen LogP contribution is 2.30. The molecule has 5 heteroatoms. The molecule has 3 heterocycles. The number of benzene rings is 1. The van der Waals surface area contributed by atoms with E-state index in [0.29, 0.717) is 0 Å². The van der Waals surface area contributed by atoms with Gasteiger partial charge in [-0.05, 0) is 0 Å². The molecule has 4 rings (SSSR count). The van der Waals surface area contributed by atoms with Crippen molar-refractivity contribution in [3.63, 3.8) is 0 Å². The normalized spacial score (nSPS) is 17.9. The van der Waals surface area contributed by atoms with Crippen LogP contribution in [0.2, 0.25) is 0 Å². The second kappa shape index (κ2) is 4.85. The summed E-state index contributed by atoms with van der Waals surface area (Å²) in [6, 6.07) is 10.4. The van der Waals surface area contributed by atoms with E-state index in [-0.39, 0.29) is 6.04 Å². The third kappa shape index (κ3) is 1.95. The van der Waals surface area contributed by atoms with Crippen molar-refractivity contribution in [1.82, 2.24) is 20.3 Å². The summed E-state index contributed by atoms with van der Waals surface area (Å²) < 4.78 is 0. The van der Waals surface area contributed by atoms with Gasteiger partial charge in [0, 0.05) is 29.6 Å². The zero-order valence-corrected chi connectivity index (χ0v) is 11.7. The molecule has 0 amide bonds. The van der Waals surface area contributed by atoms with E-state index in [9.17, 15) is 0 Å². The zero-order chi connectivity index (χ0) is 13.4. The first-order chi connectivity index (χ1) is 9.92. The molecule has 1 aromatic carbocycles. The van der Waals surface area contributed by atoms with Gasteiger partial charge in [-0.2, -0.15) is 0 Å². The topological polar surface area (TPSA) is 53.6 Å². The van der Waals surface area contributed by atoms with Crippen LogP contribution < -0.4 is 5.32 Å². The van der Waals surface area contributed by atoms with Crippen molar-refractivity contribution in [3.8, 4) is 10.6 Å². The lowest BCUT2D eigenvalue weighted by Crippen LogP contribution is -2.30. The summed E-state index contributed by atoms with van der Waals surface area (Å²) in [6.07, 6.45) is 2.77. The van der Waals surface area contributed by atoms with Crippen molar-refractivity contribution in [2.24, 2.45) is 0 Å². The summed E-state index contributed by atoms with van der Waals surface area (Å²) in [5, 5.41) is 6.69. The Bertz CT molecular complexity index is 716. The fourth-order valence-corrected chi connectivity index (χ4v) is 3.45. The summed E-state index contributed by atoms with van der Waals surface area (Å²) in [7, 11) is 0. The molecule has 0 unspecified atom stereocenters. The molecule has 20 heavy (non-hydrogen) atoms. The quantitative estimate of drug-likeness (QED) is 0.760. The lowest BCUT2D eigenvalue weighted by molar-refractivity contribution is 0.545. The van der Waals surface area contributed by atoms with Crippen LogP contribution in [0.1, 0.15) is 23.1 Å². The van der Waals surface area contributed by atoms with Gasteiger partial charge in [0.25, 0.3) is 0 Å². The van der Waals surface area contributed by atoms with Crippen molar-refractivity contribution >= 4 is 11.3 Å². The van der Waals surface area contributed by atoms with Gasteiger partial charge in [0.15, 0.2) is 0 Å². The van der Waals surface area contributed by atoms with E-state index in [0.717, 1.165) is 29.4 Å². The van der Waals surface area contributed by atoms with Gasteiger partial charge in [-0.1, -0.05) is 30.3 Å². The molecule has 0 spiro atoms. The maximum Gasteiger partial charge on any atom is 0.123 e. The lowest BCUT2D eigenvalue weighted by Gasteiger charge is -2.21. The van der Waals surface area contributed by atoms with Crippen LogP contribution in [0.15, 0.2) is 42.0 Å². The Hall–Kier alpha value is -1.98. The molecule has 1 aliphatic heterocycles. The number of hydrogen-bond donors (Lipinski definition) is 2. The van der Waals surface area contributed by atoms with Crippen LogP contribution in [-0.2, 0) is 6.42 Å². The van der Waals surface area contributed by atoms with Crippen molar-refractivity contribution in [2.75, 3.05) is 6.54 Å². The highest BCUT2D eigenvalue weighted by molar-refractivity contribution is 7.13. The summed E-state index contributed by atoms with van der Waals surface area (Å²) in [5.41, 5.74) is 4.54. The van der Waals surface area contributed by atoms with Crippen molar-refractivity contribution in [2.45, 2.75) is 12.5 Å². The smallest absolute Gasteiger partial charge is 0.123 e. The number of rotatable bonds is 2. The number of H-pyrrole nitrogens is 1. The Labute approximate surface area is 120 Å². The Balaban J connectivity index is 1.70. The van der Waals surface area contributed by atoms with E-state index < -0.39 is 0 Å². The predicted molar refractivity (Wildman–Crippen MR) is 79.7 cm³/mol. The third-order valence-corrected chi connectivity index (χ3v) is 4.50. The van der Waals surface area contributed by atoms with Crippen molar-refractivity contribution in [1.29, 1.82) is 0 Å². The number of hydrogen-bond acceptors (Lipinski definition) is 4. The molecular formula is C15H14N4S. The van der Waals surface area contributed by atoms with E-state index in [1.54, 1.807) is 17.7 Å². The minimum atomic E-state index is 0.110. The molecule has 4 nitrogen and oxygen atoms in total. The Morgan fingerprint density at radius 3 is 3.00 bits per heavy atom. The van der Waals surface area contributed by atoms with Gasteiger partial charge in [-0.25, -0.2) is 9.97 Å². The first kappa shape index (κ1) is 11.8. The molecule has 2 N–H and O–H groups in total. The molecule has 3 aromatic rings. The van der Waals surface area contributed by atoms with E-state index in [4.69, 9.17) is 4.98 Å². The number of nitrogens with one attached hydrogen (secondary N) is 2. The summed E-state index contributed by atoms with van der Waals surface area (Å²) in [4.78, 5) is 12.4. The minimum absolute atomic E-state index is 0.110. The monoisotopic (exact) mass is 282 g/mol. The number of aromatic amines is 1. The predicted octanol–water partition coefficient (Wildman–Crippen LogP) is 2.77. The second-order valence-electron chi connectivity index (χ2n) is 4.85. The van der Waals surface area contributed by atoms with Gasteiger partial charge in [0.1, 0.15) is 5.01 Å². The van der Waals surface area contributed by atoms with Crippen LogP contribution in [-0.4, -0.2) is 21.5 Å². The highest BCUT2D eigenvalue weighted by atomic mass is 32.1. The standard InChI is InChI=1S/C15H14N4S/c1-2-4-10(5-3-1)15-19-12(8-20-15)14-13-11(6-7-16-14)17-9-18-13/h1-5,8-9,14,16H,6-7H2,(H,17,18)/t14-/m1/s1. The zero-order valence-electron chi connectivity index (χ0n) is 10.8. The average Bonchev–Trinajstić information content (AvgIpc) is 3.17. The van der Waals surface area contributed by atoms with Crippen molar-refractivity contribution < 1.29 is 0 Å². The van der Waals surface area contributed by atoms with E-state index in [2.05, 4.69) is 32.8 Å².